The first-order valence-corrected chi connectivity index (χ1v) is 9.14. The Bertz CT molecular complexity index is 842. The molecule has 0 unspecified atom stereocenters. The average Bonchev–Trinajstić information content (AvgIpc) is 3.17. The van der Waals surface area contributed by atoms with E-state index in [1.807, 2.05) is 0 Å². The van der Waals surface area contributed by atoms with Gasteiger partial charge in [-0.25, -0.2) is 9.48 Å². The second kappa shape index (κ2) is 7.78. The maximum absolute atomic E-state index is 11.8. The molecule has 3 heterocycles. The van der Waals surface area contributed by atoms with Crippen molar-refractivity contribution in [1.82, 2.24) is 19.9 Å². The summed E-state index contributed by atoms with van der Waals surface area (Å²) in [5, 5.41) is 36.6. The van der Waals surface area contributed by atoms with Gasteiger partial charge in [0, 0.05) is 25.8 Å². The van der Waals surface area contributed by atoms with E-state index >= 15 is 0 Å². The van der Waals surface area contributed by atoms with Crippen molar-refractivity contribution in [2.75, 3.05) is 26.2 Å². The topological polar surface area (TPSA) is 130 Å². The number of aromatic carboxylic acids is 1. The first kappa shape index (κ1) is 18.7. The highest BCUT2D eigenvalue weighted by Gasteiger charge is 2.34. The molecule has 0 radical (unpaired) electrons. The summed E-state index contributed by atoms with van der Waals surface area (Å²) in [6.07, 6.45) is 4.09. The number of fused-ring (bicyclic) bond motifs is 1. The quantitative estimate of drug-likeness (QED) is 0.547. The molecule has 0 bridgehead atoms. The highest BCUT2D eigenvalue weighted by atomic mass is 16.5. The van der Waals surface area contributed by atoms with Gasteiger partial charge < -0.3 is 24.6 Å². The third kappa shape index (κ3) is 3.68. The first-order chi connectivity index (χ1) is 13.5. The summed E-state index contributed by atoms with van der Waals surface area (Å²) in [5.74, 6) is -0.727. The molecule has 1 saturated heterocycles. The Morgan fingerprint density at radius 1 is 1.43 bits per heavy atom. The predicted molar refractivity (Wildman–Crippen MR) is 97.5 cm³/mol. The zero-order valence-corrected chi connectivity index (χ0v) is 15.1. The number of carboxylic acid groups (broad SMARTS) is 1. The normalized spacial score (nSPS) is 18.1. The largest absolute Gasteiger partial charge is 0.535 e. The second-order valence-corrected chi connectivity index (χ2v) is 7.02. The van der Waals surface area contributed by atoms with Crippen molar-refractivity contribution >= 4 is 13.1 Å². The molecule has 148 valence electrons. The van der Waals surface area contributed by atoms with Gasteiger partial charge in [0.1, 0.15) is 23.2 Å². The fraction of sp³-hybridized carbons (Fsp3) is 0.471. The smallest absolute Gasteiger partial charge is 0.522 e. The maximum Gasteiger partial charge on any atom is 0.522 e. The van der Waals surface area contributed by atoms with Crippen LogP contribution in [0.2, 0.25) is 6.32 Å². The van der Waals surface area contributed by atoms with Crippen LogP contribution in [-0.4, -0.2) is 80.6 Å². The average molecular weight is 388 g/mol. The molecule has 1 atom stereocenters. The molecule has 0 saturated carbocycles. The number of aliphatic hydroxyl groups excluding tert-OH is 1. The number of nitrogens with zero attached hydrogens (tertiary/aromatic N) is 4. The van der Waals surface area contributed by atoms with Gasteiger partial charge in [0.15, 0.2) is 0 Å². The monoisotopic (exact) mass is 388 g/mol. The Balaban J connectivity index is 1.41. The van der Waals surface area contributed by atoms with Gasteiger partial charge in [-0.15, -0.1) is 5.10 Å². The van der Waals surface area contributed by atoms with Crippen molar-refractivity contribution < 1.29 is 29.4 Å². The van der Waals surface area contributed by atoms with Crippen molar-refractivity contribution in [3.8, 4) is 11.5 Å². The Morgan fingerprint density at radius 2 is 2.25 bits per heavy atom. The van der Waals surface area contributed by atoms with E-state index in [2.05, 4.69) is 15.2 Å². The third-order valence-electron chi connectivity index (χ3n) is 5.04. The molecule has 0 aliphatic carbocycles. The summed E-state index contributed by atoms with van der Waals surface area (Å²) in [7, 11) is -1.01. The summed E-state index contributed by atoms with van der Waals surface area (Å²) in [5.41, 5.74) is 0.703. The number of likely N-dealkylation sites (tertiary alicyclic amines) is 1. The number of rotatable bonds is 7. The van der Waals surface area contributed by atoms with E-state index < -0.39 is 13.1 Å². The first-order valence-electron chi connectivity index (χ1n) is 9.14. The minimum absolute atomic E-state index is 0.0504. The molecule has 1 aromatic carbocycles. The molecule has 4 rings (SSSR count). The number of carboxylic acids is 1. The summed E-state index contributed by atoms with van der Waals surface area (Å²) in [6, 6.07) is 3.24. The summed E-state index contributed by atoms with van der Waals surface area (Å²) in [6.45, 7) is 1.74. The number of hydrogen-bond acceptors (Lipinski definition) is 8. The van der Waals surface area contributed by atoms with Gasteiger partial charge in [-0.2, -0.15) is 0 Å². The SMILES string of the molecule is O=C(O)c1c(OC2CN(C[C@H](CO)n3ccnn3)C2)ccc2c1OB(O)CC2. The Kier molecular flexibility index (Phi) is 5.20. The van der Waals surface area contributed by atoms with Crippen LogP contribution in [0.15, 0.2) is 24.5 Å². The third-order valence-corrected chi connectivity index (χ3v) is 5.04. The fourth-order valence-electron chi connectivity index (χ4n) is 3.57. The lowest BCUT2D eigenvalue weighted by molar-refractivity contribution is 0.00360. The van der Waals surface area contributed by atoms with E-state index in [9.17, 15) is 20.0 Å². The zero-order valence-electron chi connectivity index (χ0n) is 15.1. The van der Waals surface area contributed by atoms with Crippen LogP contribution in [0, 0.1) is 0 Å². The van der Waals surface area contributed by atoms with Crippen LogP contribution in [0.25, 0.3) is 0 Å². The lowest BCUT2D eigenvalue weighted by Gasteiger charge is -2.40. The zero-order chi connectivity index (χ0) is 19.7. The van der Waals surface area contributed by atoms with Crippen molar-refractivity contribution in [2.24, 2.45) is 0 Å². The van der Waals surface area contributed by atoms with Gasteiger partial charge in [0.25, 0.3) is 0 Å². The standard InChI is InChI=1S/C17H21BN4O6/c23-10-12(22-6-5-19-20-22)7-21-8-13(9-21)27-14-2-1-11-3-4-18(26)28-16(11)15(14)17(24)25/h1-2,5-6,12-13,23,26H,3-4,7-10H2,(H,24,25)/t12-/m1/s1. The lowest BCUT2D eigenvalue weighted by Crippen LogP contribution is -2.55. The minimum Gasteiger partial charge on any atom is -0.535 e. The molecule has 2 aromatic rings. The molecule has 0 spiro atoms. The minimum atomic E-state index is -1.15. The van der Waals surface area contributed by atoms with E-state index in [0.29, 0.717) is 32.4 Å². The number of aryl methyl sites for hydroxylation is 1. The predicted octanol–water partition coefficient (Wildman–Crippen LogP) is -0.312. The van der Waals surface area contributed by atoms with E-state index in [1.54, 1.807) is 29.2 Å². The van der Waals surface area contributed by atoms with Gasteiger partial charge in [-0.05, 0) is 24.4 Å². The van der Waals surface area contributed by atoms with Crippen molar-refractivity contribution in [2.45, 2.75) is 24.9 Å². The van der Waals surface area contributed by atoms with Crippen LogP contribution < -0.4 is 9.39 Å². The number of hydrogen-bond donors (Lipinski definition) is 3. The van der Waals surface area contributed by atoms with E-state index in [1.165, 1.54) is 0 Å². The van der Waals surface area contributed by atoms with Crippen LogP contribution in [0.4, 0.5) is 0 Å². The molecule has 1 aromatic heterocycles. The molecule has 28 heavy (non-hydrogen) atoms. The van der Waals surface area contributed by atoms with Gasteiger partial charge in [-0.1, -0.05) is 11.3 Å². The van der Waals surface area contributed by atoms with Gasteiger partial charge >= 0.3 is 13.1 Å². The molecule has 0 amide bonds. The van der Waals surface area contributed by atoms with E-state index in [-0.39, 0.29) is 35.8 Å². The number of aromatic nitrogens is 3. The van der Waals surface area contributed by atoms with Crippen LogP contribution in [0.5, 0.6) is 11.5 Å². The summed E-state index contributed by atoms with van der Waals surface area (Å²) < 4.78 is 12.9. The lowest BCUT2D eigenvalue weighted by atomic mass is 9.78. The van der Waals surface area contributed by atoms with Crippen molar-refractivity contribution in [3.63, 3.8) is 0 Å². The van der Waals surface area contributed by atoms with E-state index in [0.717, 1.165) is 5.56 Å². The Morgan fingerprint density at radius 3 is 2.93 bits per heavy atom. The number of ether oxygens (including phenoxy) is 1. The number of benzene rings is 1. The molecule has 10 nitrogen and oxygen atoms in total. The van der Waals surface area contributed by atoms with Crippen LogP contribution in [-0.2, 0) is 6.42 Å². The highest BCUT2D eigenvalue weighted by molar-refractivity contribution is 6.44. The fourth-order valence-corrected chi connectivity index (χ4v) is 3.57. The van der Waals surface area contributed by atoms with Crippen LogP contribution in [0.1, 0.15) is 22.0 Å². The highest BCUT2D eigenvalue weighted by Crippen LogP contribution is 2.37. The van der Waals surface area contributed by atoms with Gasteiger partial charge in [0.2, 0.25) is 0 Å². The molecule has 11 heteroatoms. The number of aliphatic hydroxyl groups is 1. The van der Waals surface area contributed by atoms with Crippen molar-refractivity contribution in [3.05, 3.63) is 35.7 Å². The molecule has 2 aliphatic heterocycles. The molecular formula is C17H21BN4O6. The van der Waals surface area contributed by atoms with E-state index in [4.69, 9.17) is 9.39 Å². The van der Waals surface area contributed by atoms with Crippen LogP contribution >= 0.6 is 0 Å². The molecule has 3 N–H and O–H groups in total. The number of carbonyl (C=O) groups is 1. The summed E-state index contributed by atoms with van der Waals surface area (Å²) >= 11 is 0. The Labute approximate surface area is 161 Å². The molecular weight excluding hydrogens is 367 g/mol. The Hall–Kier alpha value is -2.63. The second-order valence-electron chi connectivity index (χ2n) is 7.02. The maximum atomic E-state index is 11.8. The molecule has 1 fully saturated rings. The molecule has 2 aliphatic rings. The van der Waals surface area contributed by atoms with Crippen LogP contribution in [0.3, 0.4) is 0 Å². The van der Waals surface area contributed by atoms with Gasteiger partial charge in [-0.3, -0.25) is 4.90 Å². The summed E-state index contributed by atoms with van der Waals surface area (Å²) in [4.78, 5) is 13.9. The van der Waals surface area contributed by atoms with Crippen molar-refractivity contribution in [1.29, 1.82) is 0 Å². The van der Waals surface area contributed by atoms with Gasteiger partial charge in [0.05, 0.1) is 18.8 Å².